The van der Waals surface area contributed by atoms with Gasteiger partial charge in [-0.2, -0.15) is 5.26 Å². The van der Waals surface area contributed by atoms with E-state index in [1.807, 2.05) is 6.07 Å². The topological polar surface area (TPSA) is 62.3 Å². The maximum atomic E-state index is 9.83. The number of hydrogen-bond donors (Lipinski definition) is 1. The average Bonchev–Trinajstić information content (AvgIpc) is 2.51. The zero-order valence-electron chi connectivity index (χ0n) is 13.6. The maximum Gasteiger partial charge on any atom is 0.143 e. The van der Waals surface area contributed by atoms with Crippen LogP contribution in [0.4, 0.5) is 11.4 Å². The van der Waals surface area contributed by atoms with E-state index >= 15 is 0 Å². The Kier molecular flexibility index (Phi) is 3.41. The number of nitrogens with two attached hydrogens (primary N) is 1. The summed E-state index contributed by atoms with van der Waals surface area (Å²) in [6.45, 7) is 6.00. The lowest BCUT2D eigenvalue weighted by Gasteiger charge is -2.46. The third kappa shape index (κ3) is 2.34. The Labute approximate surface area is 138 Å². The molecule has 0 amide bonds. The zero-order valence-corrected chi connectivity index (χ0v) is 13.6. The first-order valence-electron chi connectivity index (χ1n) is 8.74. The molecule has 0 unspecified atom stereocenters. The van der Waals surface area contributed by atoms with Crippen LogP contribution in [0.2, 0.25) is 0 Å². The van der Waals surface area contributed by atoms with Crippen LogP contribution in [0.5, 0.6) is 5.75 Å². The highest BCUT2D eigenvalue weighted by Gasteiger charge is 2.43. The van der Waals surface area contributed by atoms with Crippen molar-refractivity contribution in [1.29, 1.82) is 5.26 Å². The van der Waals surface area contributed by atoms with Crippen LogP contribution in [0, 0.1) is 24.2 Å². The number of rotatable bonds is 1. The predicted molar refractivity (Wildman–Crippen MR) is 91.4 cm³/mol. The lowest BCUT2D eigenvalue weighted by molar-refractivity contribution is -0.0251. The summed E-state index contributed by atoms with van der Waals surface area (Å²) >= 11 is 0. The quantitative estimate of drug-likeness (QED) is 0.807. The Morgan fingerprint density at radius 2 is 2.17 bits per heavy atom. The van der Waals surface area contributed by atoms with Gasteiger partial charge in [-0.25, -0.2) is 0 Å². The molecule has 121 valence electrons. The second-order valence-electron chi connectivity index (χ2n) is 7.38. The Bertz CT molecular complexity index is 672. The Hall–Kier alpha value is -1.89. The van der Waals surface area contributed by atoms with E-state index in [1.165, 1.54) is 6.42 Å². The normalized spacial score (nSPS) is 25.2. The second-order valence-corrected chi connectivity index (χ2v) is 7.38. The van der Waals surface area contributed by atoms with E-state index in [9.17, 15) is 5.26 Å². The molecule has 1 saturated carbocycles. The first-order chi connectivity index (χ1) is 11.1. The Balaban J connectivity index is 1.78. The Morgan fingerprint density at radius 3 is 2.83 bits per heavy atom. The van der Waals surface area contributed by atoms with Gasteiger partial charge >= 0.3 is 0 Å². The van der Waals surface area contributed by atoms with Crippen molar-refractivity contribution >= 4 is 11.4 Å². The molecule has 1 saturated heterocycles. The standard InChI is InChI=1S/C19H24N3O/c1-13-4-2-9-22(12-13)17-15(11-20)18-14(10-16(17)21)5-8-19(23-18)6-3-7-19/h10,13H,1-9,12,21H2/t13-/m1/s1. The van der Waals surface area contributed by atoms with Crippen molar-refractivity contribution in [1.82, 2.24) is 0 Å². The molecule has 2 N–H and O–H groups in total. The van der Waals surface area contributed by atoms with Gasteiger partial charge in [0.05, 0.1) is 11.4 Å². The number of hydrogen-bond acceptors (Lipinski definition) is 4. The van der Waals surface area contributed by atoms with E-state index in [-0.39, 0.29) is 5.60 Å². The van der Waals surface area contributed by atoms with Gasteiger partial charge in [-0.1, -0.05) is 0 Å². The van der Waals surface area contributed by atoms with Crippen LogP contribution in [-0.4, -0.2) is 18.7 Å². The van der Waals surface area contributed by atoms with Crippen molar-refractivity contribution in [2.24, 2.45) is 5.92 Å². The van der Waals surface area contributed by atoms with Crippen LogP contribution >= 0.6 is 0 Å². The first-order valence-corrected chi connectivity index (χ1v) is 8.74. The molecule has 1 aliphatic carbocycles. The number of anilines is 2. The third-order valence-electron chi connectivity index (χ3n) is 5.74. The van der Waals surface area contributed by atoms with E-state index in [1.54, 1.807) is 0 Å². The number of piperidine rings is 1. The van der Waals surface area contributed by atoms with Crippen LogP contribution < -0.4 is 15.4 Å². The molecule has 1 spiro atoms. The number of nitriles is 1. The smallest absolute Gasteiger partial charge is 0.143 e. The van der Waals surface area contributed by atoms with Crippen molar-refractivity contribution < 1.29 is 4.74 Å². The maximum absolute atomic E-state index is 9.83. The van der Waals surface area contributed by atoms with Gasteiger partial charge in [0, 0.05) is 13.1 Å². The molecule has 1 radical (unpaired) electrons. The van der Waals surface area contributed by atoms with E-state index in [4.69, 9.17) is 10.5 Å². The monoisotopic (exact) mass is 310 g/mol. The van der Waals surface area contributed by atoms with Gasteiger partial charge in [0.1, 0.15) is 23.0 Å². The minimum absolute atomic E-state index is 0.0112. The van der Waals surface area contributed by atoms with Gasteiger partial charge in [0.15, 0.2) is 0 Å². The molecule has 0 bridgehead atoms. The van der Waals surface area contributed by atoms with Crippen molar-refractivity contribution in [2.75, 3.05) is 23.7 Å². The van der Waals surface area contributed by atoms with E-state index < -0.39 is 0 Å². The lowest BCUT2D eigenvalue weighted by Crippen LogP contribution is -2.46. The van der Waals surface area contributed by atoms with Gasteiger partial charge in [0.2, 0.25) is 0 Å². The number of nitrogens with zero attached hydrogens (tertiary/aromatic N) is 2. The summed E-state index contributed by atoms with van der Waals surface area (Å²) in [5.74, 6) is 1.19. The molecule has 23 heavy (non-hydrogen) atoms. The molecular formula is C19H24N3O. The number of ether oxygens (including phenoxy) is 1. The molecule has 3 aliphatic rings. The number of benzene rings is 1. The fraction of sp³-hybridized carbons (Fsp3) is 0.579. The van der Waals surface area contributed by atoms with Gasteiger partial charge in [-0.3, -0.25) is 0 Å². The summed E-state index contributed by atoms with van der Waals surface area (Å²) in [4.78, 5) is 2.24. The SMILES string of the molecule is [CH2][C@@H]1CCCN(c2c(N)cc3c(c2C#N)OC2(CCC2)CC3)C1. The van der Waals surface area contributed by atoms with Gasteiger partial charge in [-0.15, -0.1) is 0 Å². The highest BCUT2D eigenvalue weighted by Crippen LogP contribution is 2.49. The summed E-state index contributed by atoms with van der Waals surface area (Å²) in [6, 6.07) is 4.43. The van der Waals surface area contributed by atoms with Crippen molar-refractivity contribution in [3.63, 3.8) is 0 Å². The molecule has 2 heterocycles. The number of nitrogen functional groups attached to an aromatic ring is 1. The average molecular weight is 310 g/mol. The fourth-order valence-electron chi connectivity index (χ4n) is 4.30. The second kappa shape index (κ2) is 5.33. The summed E-state index contributed by atoms with van der Waals surface area (Å²) < 4.78 is 6.37. The molecule has 4 rings (SSSR count). The number of aryl methyl sites for hydroxylation is 1. The highest BCUT2D eigenvalue weighted by atomic mass is 16.5. The molecule has 1 aromatic carbocycles. The fourth-order valence-corrected chi connectivity index (χ4v) is 4.30. The van der Waals surface area contributed by atoms with Crippen LogP contribution in [-0.2, 0) is 6.42 Å². The largest absolute Gasteiger partial charge is 0.486 e. The molecule has 2 fully saturated rings. The zero-order chi connectivity index (χ0) is 16.0. The molecule has 4 nitrogen and oxygen atoms in total. The molecule has 1 atom stereocenters. The van der Waals surface area contributed by atoms with Gasteiger partial charge in [0.25, 0.3) is 0 Å². The van der Waals surface area contributed by atoms with E-state index in [0.717, 1.165) is 68.6 Å². The molecular weight excluding hydrogens is 286 g/mol. The van der Waals surface area contributed by atoms with Crippen molar-refractivity contribution in [3.05, 3.63) is 24.1 Å². The minimum atomic E-state index is -0.0112. The van der Waals surface area contributed by atoms with Gasteiger partial charge in [-0.05, 0) is 69.4 Å². The minimum Gasteiger partial charge on any atom is -0.486 e. The van der Waals surface area contributed by atoms with Crippen LogP contribution in [0.15, 0.2) is 6.07 Å². The summed E-state index contributed by atoms with van der Waals surface area (Å²) in [5.41, 5.74) is 9.65. The summed E-state index contributed by atoms with van der Waals surface area (Å²) in [6.07, 6.45) is 7.71. The number of fused-ring (bicyclic) bond motifs is 1. The lowest BCUT2D eigenvalue weighted by atomic mass is 9.74. The van der Waals surface area contributed by atoms with E-state index in [0.29, 0.717) is 17.2 Å². The van der Waals surface area contributed by atoms with Crippen LogP contribution in [0.3, 0.4) is 0 Å². The molecule has 4 heteroatoms. The first kappa shape index (κ1) is 14.7. The van der Waals surface area contributed by atoms with Crippen molar-refractivity contribution in [3.8, 4) is 11.8 Å². The van der Waals surface area contributed by atoms with Crippen molar-refractivity contribution in [2.45, 2.75) is 50.5 Å². The van der Waals surface area contributed by atoms with E-state index in [2.05, 4.69) is 17.9 Å². The molecule has 0 aromatic heterocycles. The highest BCUT2D eigenvalue weighted by molar-refractivity contribution is 5.80. The molecule has 1 aromatic rings. The molecule has 2 aliphatic heterocycles. The van der Waals surface area contributed by atoms with Crippen LogP contribution in [0.25, 0.3) is 0 Å². The summed E-state index contributed by atoms with van der Waals surface area (Å²) in [7, 11) is 0. The predicted octanol–water partition coefficient (Wildman–Crippen LogP) is 3.44. The van der Waals surface area contributed by atoms with Gasteiger partial charge < -0.3 is 15.4 Å². The Morgan fingerprint density at radius 1 is 1.35 bits per heavy atom. The van der Waals surface area contributed by atoms with Crippen LogP contribution in [0.1, 0.15) is 49.7 Å². The summed E-state index contributed by atoms with van der Waals surface area (Å²) in [5, 5.41) is 9.83. The third-order valence-corrected chi connectivity index (χ3v) is 5.74.